The number of halogens is 3. The topological polar surface area (TPSA) is 15.3 Å². The van der Waals surface area contributed by atoms with Crippen LogP contribution in [0.2, 0.25) is 0 Å². The van der Waals surface area contributed by atoms with Crippen LogP contribution in [0.1, 0.15) is 12.5 Å². The second-order valence-corrected chi connectivity index (χ2v) is 4.56. The number of fused-ring (bicyclic) bond motifs is 1. The number of para-hydroxylation sites is 1. The summed E-state index contributed by atoms with van der Waals surface area (Å²) >= 11 is 0. The first-order chi connectivity index (χ1) is 7.89. The maximum atomic E-state index is 12.9. The number of rotatable bonds is 0. The summed E-state index contributed by atoms with van der Waals surface area (Å²) in [5, 5.41) is 2.92. The molecular formula is C12H15F3N2. The van der Waals surface area contributed by atoms with E-state index in [1.165, 1.54) is 6.07 Å². The van der Waals surface area contributed by atoms with Crippen LogP contribution < -0.4 is 10.2 Å². The Morgan fingerprint density at radius 1 is 1.35 bits per heavy atom. The Kier molecular flexibility index (Phi) is 2.93. The lowest BCUT2D eigenvalue weighted by atomic mass is 10.1. The number of benzene rings is 1. The number of alkyl halides is 3. The molecule has 0 aromatic heterocycles. The van der Waals surface area contributed by atoms with E-state index in [1.807, 2.05) is 18.9 Å². The second kappa shape index (κ2) is 4.13. The molecule has 0 fully saturated rings. The van der Waals surface area contributed by atoms with Crippen molar-refractivity contribution in [1.29, 1.82) is 0 Å². The van der Waals surface area contributed by atoms with Crippen LogP contribution in [0.25, 0.3) is 0 Å². The average Bonchev–Trinajstić information content (AvgIpc) is 2.37. The molecule has 0 saturated heterocycles. The Morgan fingerprint density at radius 3 is 2.71 bits per heavy atom. The van der Waals surface area contributed by atoms with Crippen molar-refractivity contribution >= 4 is 11.4 Å². The van der Waals surface area contributed by atoms with Crippen LogP contribution in [0, 0.1) is 5.92 Å². The van der Waals surface area contributed by atoms with Gasteiger partial charge < -0.3 is 10.2 Å². The molecule has 0 spiro atoms. The van der Waals surface area contributed by atoms with E-state index < -0.39 is 11.7 Å². The number of nitrogens with zero attached hydrogens (tertiary/aromatic N) is 1. The van der Waals surface area contributed by atoms with Gasteiger partial charge in [-0.05, 0) is 18.1 Å². The zero-order valence-electron chi connectivity index (χ0n) is 9.80. The third-order valence-electron chi connectivity index (χ3n) is 2.97. The summed E-state index contributed by atoms with van der Waals surface area (Å²) in [4.78, 5) is 1.87. The van der Waals surface area contributed by atoms with Crippen LogP contribution in [-0.2, 0) is 6.18 Å². The lowest BCUT2D eigenvalue weighted by molar-refractivity contribution is -0.136. The zero-order chi connectivity index (χ0) is 12.6. The maximum absolute atomic E-state index is 12.9. The maximum Gasteiger partial charge on any atom is 0.418 e. The summed E-state index contributed by atoms with van der Waals surface area (Å²) in [6.07, 6.45) is -4.31. The lowest BCUT2D eigenvalue weighted by Gasteiger charge is -2.22. The molecule has 1 aliphatic heterocycles. The van der Waals surface area contributed by atoms with Crippen molar-refractivity contribution in [2.75, 3.05) is 30.4 Å². The smallest absolute Gasteiger partial charge is 0.383 e. The van der Waals surface area contributed by atoms with Gasteiger partial charge in [-0.3, -0.25) is 0 Å². The van der Waals surface area contributed by atoms with Gasteiger partial charge in [0.05, 0.1) is 16.9 Å². The SMILES string of the molecule is CC1CNc2c(cccc2C(F)(F)F)N(C)C1. The van der Waals surface area contributed by atoms with E-state index in [0.717, 1.165) is 12.6 Å². The fourth-order valence-corrected chi connectivity index (χ4v) is 2.19. The van der Waals surface area contributed by atoms with Crippen LogP contribution in [0.3, 0.4) is 0 Å². The van der Waals surface area contributed by atoms with Gasteiger partial charge in [-0.1, -0.05) is 13.0 Å². The Balaban J connectivity index is 2.51. The van der Waals surface area contributed by atoms with Gasteiger partial charge >= 0.3 is 6.18 Å². The average molecular weight is 244 g/mol. The van der Waals surface area contributed by atoms with E-state index >= 15 is 0 Å². The molecule has 1 heterocycles. The minimum atomic E-state index is -4.31. The minimum absolute atomic E-state index is 0.201. The van der Waals surface area contributed by atoms with Gasteiger partial charge in [0.25, 0.3) is 0 Å². The molecule has 1 aromatic carbocycles. The Hall–Kier alpha value is -1.39. The standard InChI is InChI=1S/C12H15F3N2/c1-8-6-16-11-9(12(13,14)15)4-3-5-10(11)17(2)7-8/h3-5,8,16H,6-7H2,1-2H3. The summed E-state index contributed by atoms with van der Waals surface area (Å²) in [7, 11) is 1.82. The summed E-state index contributed by atoms with van der Waals surface area (Å²) in [5.74, 6) is 0.313. The molecule has 0 aliphatic carbocycles. The van der Waals surface area contributed by atoms with Crippen molar-refractivity contribution in [2.24, 2.45) is 5.92 Å². The third-order valence-corrected chi connectivity index (χ3v) is 2.97. The van der Waals surface area contributed by atoms with Crippen LogP contribution in [-0.4, -0.2) is 20.1 Å². The molecule has 17 heavy (non-hydrogen) atoms. The number of nitrogens with one attached hydrogen (secondary N) is 1. The fourth-order valence-electron chi connectivity index (χ4n) is 2.19. The van der Waals surface area contributed by atoms with Gasteiger partial charge in [-0.25, -0.2) is 0 Å². The fraction of sp³-hybridized carbons (Fsp3) is 0.500. The summed E-state index contributed by atoms with van der Waals surface area (Å²) in [6, 6.07) is 4.29. The van der Waals surface area contributed by atoms with E-state index in [0.29, 0.717) is 18.2 Å². The molecule has 0 bridgehead atoms. The van der Waals surface area contributed by atoms with E-state index in [4.69, 9.17) is 0 Å². The number of hydrogen-bond donors (Lipinski definition) is 1. The Bertz CT molecular complexity index is 415. The van der Waals surface area contributed by atoms with Crippen LogP contribution in [0.15, 0.2) is 18.2 Å². The van der Waals surface area contributed by atoms with E-state index in [9.17, 15) is 13.2 Å². The van der Waals surface area contributed by atoms with Gasteiger partial charge in [0, 0.05) is 20.1 Å². The van der Waals surface area contributed by atoms with Crippen LogP contribution in [0.4, 0.5) is 24.5 Å². The highest BCUT2D eigenvalue weighted by atomic mass is 19.4. The Labute approximate surface area is 98.4 Å². The molecule has 2 rings (SSSR count). The summed E-state index contributed by atoms with van der Waals surface area (Å²) < 4.78 is 38.6. The van der Waals surface area contributed by atoms with Crippen LogP contribution >= 0.6 is 0 Å². The molecular weight excluding hydrogens is 229 g/mol. The monoisotopic (exact) mass is 244 g/mol. The molecule has 0 amide bonds. The van der Waals surface area contributed by atoms with E-state index in [1.54, 1.807) is 6.07 Å². The van der Waals surface area contributed by atoms with Gasteiger partial charge in [0.2, 0.25) is 0 Å². The van der Waals surface area contributed by atoms with Gasteiger partial charge in [-0.15, -0.1) is 0 Å². The molecule has 94 valence electrons. The van der Waals surface area contributed by atoms with Crippen molar-refractivity contribution < 1.29 is 13.2 Å². The molecule has 1 atom stereocenters. The molecule has 1 unspecified atom stereocenters. The highest BCUT2D eigenvalue weighted by Crippen LogP contribution is 2.40. The van der Waals surface area contributed by atoms with Crippen molar-refractivity contribution in [3.8, 4) is 0 Å². The predicted octanol–water partition coefficient (Wildman–Crippen LogP) is 3.20. The summed E-state index contributed by atoms with van der Waals surface area (Å²) in [5.41, 5.74) is 0.229. The van der Waals surface area contributed by atoms with Crippen molar-refractivity contribution in [1.82, 2.24) is 0 Å². The third kappa shape index (κ3) is 2.33. The van der Waals surface area contributed by atoms with E-state index in [2.05, 4.69) is 5.32 Å². The van der Waals surface area contributed by atoms with Gasteiger partial charge in [0.1, 0.15) is 0 Å². The lowest BCUT2D eigenvalue weighted by Crippen LogP contribution is -2.23. The molecule has 0 radical (unpaired) electrons. The van der Waals surface area contributed by atoms with E-state index in [-0.39, 0.29) is 5.69 Å². The highest BCUT2D eigenvalue weighted by molar-refractivity contribution is 5.74. The molecule has 0 saturated carbocycles. The highest BCUT2D eigenvalue weighted by Gasteiger charge is 2.35. The molecule has 1 N–H and O–H groups in total. The van der Waals surface area contributed by atoms with Crippen molar-refractivity contribution in [3.05, 3.63) is 23.8 Å². The van der Waals surface area contributed by atoms with Gasteiger partial charge in [-0.2, -0.15) is 13.2 Å². The molecule has 1 aliphatic rings. The first kappa shape index (κ1) is 12.1. The molecule has 1 aromatic rings. The molecule has 2 nitrogen and oxygen atoms in total. The Morgan fingerprint density at radius 2 is 2.06 bits per heavy atom. The second-order valence-electron chi connectivity index (χ2n) is 4.56. The zero-order valence-corrected chi connectivity index (χ0v) is 9.80. The van der Waals surface area contributed by atoms with Crippen molar-refractivity contribution in [3.63, 3.8) is 0 Å². The van der Waals surface area contributed by atoms with Gasteiger partial charge in [0.15, 0.2) is 0 Å². The molecule has 5 heteroatoms. The quantitative estimate of drug-likeness (QED) is 0.754. The summed E-state index contributed by atoms with van der Waals surface area (Å²) in [6.45, 7) is 3.33. The minimum Gasteiger partial charge on any atom is -0.383 e. The normalized spacial score (nSPS) is 20.5. The first-order valence-electron chi connectivity index (χ1n) is 5.55. The largest absolute Gasteiger partial charge is 0.418 e. The first-order valence-corrected chi connectivity index (χ1v) is 5.55. The predicted molar refractivity (Wildman–Crippen MR) is 62.4 cm³/mol. The number of anilines is 2. The van der Waals surface area contributed by atoms with Crippen LogP contribution in [0.5, 0.6) is 0 Å². The number of hydrogen-bond acceptors (Lipinski definition) is 2. The van der Waals surface area contributed by atoms with Crippen molar-refractivity contribution in [2.45, 2.75) is 13.1 Å².